The maximum atomic E-state index is 12.4. The Labute approximate surface area is 124 Å². The maximum Gasteiger partial charge on any atom is 0.258 e. The minimum atomic E-state index is -2.63. The smallest absolute Gasteiger partial charge is 0.258 e. The molecule has 0 radical (unpaired) electrons. The summed E-state index contributed by atoms with van der Waals surface area (Å²) in [6.45, 7) is 12.4. The van der Waals surface area contributed by atoms with Crippen LogP contribution in [0.1, 0.15) is 27.2 Å². The van der Waals surface area contributed by atoms with Crippen LogP contribution in [0.5, 0.6) is 5.75 Å². The van der Waals surface area contributed by atoms with E-state index >= 15 is 0 Å². The lowest BCUT2D eigenvalue weighted by molar-refractivity contribution is 0.367. The molecule has 0 aromatic heterocycles. The van der Waals surface area contributed by atoms with Gasteiger partial charge in [0, 0.05) is 13.2 Å². The van der Waals surface area contributed by atoms with E-state index in [4.69, 9.17) is 4.52 Å². The molecule has 1 rings (SSSR count). The highest BCUT2D eigenvalue weighted by Gasteiger charge is 2.19. The topological polar surface area (TPSA) is 29.5 Å². The van der Waals surface area contributed by atoms with Gasteiger partial charge in [-0.25, -0.2) is 0 Å². The first-order chi connectivity index (χ1) is 9.39. The molecule has 4 heteroatoms. The maximum absolute atomic E-state index is 12.4. The van der Waals surface area contributed by atoms with Crippen molar-refractivity contribution >= 4 is 7.37 Å². The lowest BCUT2D eigenvalue weighted by atomic mass is 10.2. The molecule has 0 aliphatic carbocycles. The zero-order chi connectivity index (χ0) is 15.6. The van der Waals surface area contributed by atoms with Gasteiger partial charge in [0.25, 0.3) is 7.37 Å². The van der Waals surface area contributed by atoms with E-state index in [1.54, 1.807) is 6.66 Å². The normalized spacial score (nSPS) is 13.1. The van der Waals surface area contributed by atoms with Gasteiger partial charge in [0.05, 0.1) is 6.29 Å². The van der Waals surface area contributed by atoms with E-state index in [1.165, 1.54) is 0 Å². The van der Waals surface area contributed by atoms with E-state index < -0.39 is 7.37 Å². The molecule has 20 heavy (non-hydrogen) atoms. The van der Waals surface area contributed by atoms with Crippen molar-refractivity contribution in [2.45, 2.75) is 27.2 Å². The quantitative estimate of drug-likeness (QED) is 0.532. The molecular weight excluding hydrogens is 269 g/mol. The molecule has 0 saturated heterocycles. The van der Waals surface area contributed by atoms with E-state index in [0.717, 1.165) is 18.5 Å². The number of benzene rings is 1. The van der Waals surface area contributed by atoms with Crippen molar-refractivity contribution in [1.82, 2.24) is 4.90 Å². The second kappa shape index (κ2) is 9.79. The number of hydrogen-bond donors (Lipinski definition) is 0. The fourth-order valence-corrected chi connectivity index (χ4v) is 3.27. The molecule has 0 saturated carbocycles. The molecule has 0 aliphatic heterocycles. The molecule has 0 amide bonds. The lowest BCUT2D eigenvalue weighted by Crippen LogP contribution is -2.22. The molecule has 1 aromatic carbocycles. The summed E-state index contributed by atoms with van der Waals surface area (Å²) in [7, 11) is -0.682. The summed E-state index contributed by atoms with van der Waals surface area (Å²) in [5, 5.41) is 0. The minimum Gasteiger partial charge on any atom is -0.442 e. The molecule has 0 aliphatic rings. The summed E-state index contributed by atoms with van der Waals surface area (Å²) in [6.07, 6.45) is 1.37. The van der Waals surface area contributed by atoms with E-state index in [0.29, 0.717) is 12.0 Å². The molecule has 114 valence electrons. The lowest BCUT2D eigenvalue weighted by Gasteiger charge is -2.22. The van der Waals surface area contributed by atoms with Gasteiger partial charge < -0.3 is 4.52 Å². The Balaban J connectivity index is 0.00000172. The predicted molar refractivity (Wildman–Crippen MR) is 88.9 cm³/mol. The van der Waals surface area contributed by atoms with Crippen LogP contribution in [0, 0.1) is 0 Å². The van der Waals surface area contributed by atoms with Crippen LogP contribution in [0.15, 0.2) is 42.5 Å². The van der Waals surface area contributed by atoms with Gasteiger partial charge in [0.1, 0.15) is 5.75 Å². The van der Waals surface area contributed by atoms with Crippen molar-refractivity contribution in [3.05, 3.63) is 42.5 Å². The van der Waals surface area contributed by atoms with E-state index in [-0.39, 0.29) is 0 Å². The van der Waals surface area contributed by atoms with E-state index in [1.807, 2.05) is 63.1 Å². The fourth-order valence-electron chi connectivity index (χ4n) is 1.62. The first-order valence-corrected chi connectivity index (χ1v) is 9.29. The Morgan fingerprint density at radius 3 is 2.35 bits per heavy atom. The van der Waals surface area contributed by atoms with Gasteiger partial charge in [-0.15, -0.1) is 6.58 Å². The highest BCUT2D eigenvalue weighted by Crippen LogP contribution is 2.43. The number of nitrogens with zero attached hydrogens (tertiary/aromatic N) is 1. The predicted octanol–water partition coefficient (Wildman–Crippen LogP) is 4.86. The van der Waals surface area contributed by atoms with Crippen molar-refractivity contribution < 1.29 is 9.09 Å². The van der Waals surface area contributed by atoms with Crippen LogP contribution in [0.2, 0.25) is 0 Å². The van der Waals surface area contributed by atoms with Crippen molar-refractivity contribution in [1.29, 1.82) is 0 Å². The van der Waals surface area contributed by atoms with Crippen LogP contribution in [-0.2, 0) is 4.57 Å². The van der Waals surface area contributed by atoms with Gasteiger partial charge in [-0.3, -0.25) is 9.46 Å². The monoisotopic (exact) mass is 297 g/mol. The average molecular weight is 297 g/mol. The standard InChI is InChI=1S/C14H22NO2P.C2H6/c1-13(2)10-11-15(3)12-18(4,16)17-14-8-6-5-7-9-14;1-2/h5-9H,1,10-12H2,2-4H3;1-2H3. The molecule has 3 nitrogen and oxygen atoms in total. The number of hydrogen-bond acceptors (Lipinski definition) is 3. The second-order valence-corrected chi connectivity index (χ2v) is 7.34. The first kappa shape index (κ1) is 18.9. The molecule has 1 aromatic rings. The molecule has 0 N–H and O–H groups in total. The Bertz CT molecular complexity index is 431. The fraction of sp³-hybridized carbons (Fsp3) is 0.500. The van der Waals surface area contributed by atoms with Crippen LogP contribution in [-0.4, -0.2) is 31.4 Å². The third-order valence-corrected chi connectivity index (χ3v) is 4.05. The number of para-hydroxylation sites is 1. The molecule has 0 heterocycles. The van der Waals surface area contributed by atoms with E-state index in [9.17, 15) is 4.57 Å². The van der Waals surface area contributed by atoms with Crippen molar-refractivity contribution in [3.63, 3.8) is 0 Å². The van der Waals surface area contributed by atoms with Gasteiger partial charge in [0.2, 0.25) is 0 Å². The molecular formula is C16H28NO2P. The Morgan fingerprint density at radius 2 is 1.85 bits per heavy atom. The molecule has 0 fully saturated rings. The van der Waals surface area contributed by atoms with Crippen LogP contribution in [0.25, 0.3) is 0 Å². The molecule has 1 unspecified atom stereocenters. The zero-order valence-corrected chi connectivity index (χ0v) is 14.3. The second-order valence-electron chi connectivity index (χ2n) is 4.85. The van der Waals surface area contributed by atoms with Crippen molar-refractivity contribution in [2.75, 3.05) is 26.5 Å². The molecule has 1 atom stereocenters. The largest absolute Gasteiger partial charge is 0.442 e. The summed E-state index contributed by atoms with van der Waals surface area (Å²) in [5.74, 6) is 0.664. The van der Waals surface area contributed by atoms with Crippen LogP contribution >= 0.6 is 7.37 Å². The SMILES string of the molecule is C=C(C)CCN(C)CP(C)(=O)Oc1ccccc1.CC. The van der Waals surface area contributed by atoms with Gasteiger partial charge in [0.15, 0.2) is 0 Å². The van der Waals surface area contributed by atoms with Gasteiger partial charge in [-0.2, -0.15) is 0 Å². The summed E-state index contributed by atoms with van der Waals surface area (Å²) >= 11 is 0. The molecule has 0 spiro atoms. The van der Waals surface area contributed by atoms with Crippen molar-refractivity contribution in [2.24, 2.45) is 0 Å². The third-order valence-electron chi connectivity index (χ3n) is 2.46. The van der Waals surface area contributed by atoms with Crippen molar-refractivity contribution in [3.8, 4) is 5.75 Å². The summed E-state index contributed by atoms with van der Waals surface area (Å²) in [4.78, 5) is 2.03. The van der Waals surface area contributed by atoms with Crippen LogP contribution < -0.4 is 4.52 Å². The zero-order valence-electron chi connectivity index (χ0n) is 13.4. The van der Waals surface area contributed by atoms with Gasteiger partial charge >= 0.3 is 0 Å². The highest BCUT2D eigenvalue weighted by atomic mass is 31.2. The van der Waals surface area contributed by atoms with Crippen LogP contribution in [0.4, 0.5) is 0 Å². The first-order valence-electron chi connectivity index (χ1n) is 7.03. The summed E-state index contributed by atoms with van der Waals surface area (Å²) in [5.41, 5.74) is 1.14. The van der Waals surface area contributed by atoms with E-state index in [2.05, 4.69) is 6.58 Å². The summed E-state index contributed by atoms with van der Waals surface area (Å²) < 4.78 is 17.9. The minimum absolute atomic E-state index is 0.454. The third kappa shape index (κ3) is 8.95. The van der Waals surface area contributed by atoms with Gasteiger partial charge in [-0.1, -0.05) is 37.6 Å². The highest BCUT2D eigenvalue weighted by molar-refractivity contribution is 7.58. The van der Waals surface area contributed by atoms with Gasteiger partial charge in [-0.05, 0) is 32.5 Å². The Kier molecular flexibility index (Phi) is 9.28. The Morgan fingerprint density at radius 1 is 1.30 bits per heavy atom. The van der Waals surface area contributed by atoms with Crippen LogP contribution in [0.3, 0.4) is 0 Å². The average Bonchev–Trinajstić information content (AvgIpc) is 2.39. The summed E-state index contributed by atoms with van der Waals surface area (Å²) in [6, 6.07) is 9.31. The molecule has 0 bridgehead atoms. The Hall–Kier alpha value is -1.05. The number of rotatable bonds is 7.